The Morgan fingerprint density at radius 2 is 1.57 bits per heavy atom. The van der Waals surface area contributed by atoms with Gasteiger partial charge in [-0.05, 0) is 24.0 Å². The molecular weight excluding hydrogens is 284 g/mol. The van der Waals surface area contributed by atoms with Gasteiger partial charge in [0.15, 0.2) is 0 Å². The molecule has 0 aromatic heterocycles. The molecule has 3 nitrogen and oxygen atoms in total. The summed E-state index contributed by atoms with van der Waals surface area (Å²) in [6, 6.07) is 19.9. The second kappa shape index (κ2) is 6.97. The summed E-state index contributed by atoms with van der Waals surface area (Å²) in [4.78, 5) is 12.9. The van der Waals surface area contributed by atoms with Crippen molar-refractivity contribution in [3.8, 4) is 0 Å². The summed E-state index contributed by atoms with van der Waals surface area (Å²) in [5.74, 6) is 0.118. The Hall–Kier alpha value is -2.13. The average Bonchev–Trinajstić information content (AvgIpc) is 3.12. The zero-order valence-electron chi connectivity index (χ0n) is 13.4. The van der Waals surface area contributed by atoms with Crippen LogP contribution >= 0.6 is 0 Å². The summed E-state index contributed by atoms with van der Waals surface area (Å²) in [5.41, 5.74) is 8.01. The first-order valence-electron chi connectivity index (χ1n) is 8.37. The van der Waals surface area contributed by atoms with Gasteiger partial charge in [-0.15, -0.1) is 0 Å². The highest BCUT2D eigenvalue weighted by Crippen LogP contribution is 2.41. The van der Waals surface area contributed by atoms with Gasteiger partial charge < -0.3 is 11.1 Å². The van der Waals surface area contributed by atoms with Crippen molar-refractivity contribution in [2.24, 2.45) is 5.73 Å². The van der Waals surface area contributed by atoms with Crippen molar-refractivity contribution in [2.45, 2.75) is 37.1 Å². The molecule has 23 heavy (non-hydrogen) atoms. The van der Waals surface area contributed by atoms with Gasteiger partial charge in [-0.25, -0.2) is 0 Å². The van der Waals surface area contributed by atoms with Gasteiger partial charge in [0.05, 0.1) is 5.41 Å². The first-order valence-corrected chi connectivity index (χ1v) is 8.37. The van der Waals surface area contributed by atoms with Crippen molar-refractivity contribution in [1.82, 2.24) is 5.32 Å². The third-order valence-electron chi connectivity index (χ3n) is 4.93. The number of carbonyl (C=O) groups is 1. The van der Waals surface area contributed by atoms with Crippen molar-refractivity contribution in [2.75, 3.05) is 6.54 Å². The van der Waals surface area contributed by atoms with E-state index in [0.717, 1.165) is 36.8 Å². The molecule has 0 bridgehead atoms. The normalized spacial score (nSPS) is 17.6. The van der Waals surface area contributed by atoms with E-state index in [2.05, 4.69) is 17.4 Å². The number of benzene rings is 2. The van der Waals surface area contributed by atoms with Crippen molar-refractivity contribution in [1.29, 1.82) is 0 Å². The second-order valence-electron chi connectivity index (χ2n) is 6.38. The Kier molecular flexibility index (Phi) is 4.77. The Morgan fingerprint density at radius 1 is 1.00 bits per heavy atom. The van der Waals surface area contributed by atoms with Crippen LogP contribution in [0.4, 0.5) is 0 Å². The molecule has 2 aromatic carbocycles. The van der Waals surface area contributed by atoms with Crippen LogP contribution in [0.1, 0.15) is 42.9 Å². The van der Waals surface area contributed by atoms with Crippen molar-refractivity contribution in [3.05, 3.63) is 71.8 Å². The van der Waals surface area contributed by atoms with E-state index in [0.29, 0.717) is 6.54 Å². The molecule has 0 aliphatic heterocycles. The van der Waals surface area contributed by atoms with Crippen LogP contribution in [0.25, 0.3) is 0 Å². The Labute approximate surface area is 137 Å². The largest absolute Gasteiger partial charge is 0.353 e. The van der Waals surface area contributed by atoms with Crippen molar-refractivity contribution < 1.29 is 4.79 Å². The molecule has 1 aliphatic rings. The van der Waals surface area contributed by atoms with Gasteiger partial charge in [0.25, 0.3) is 0 Å². The van der Waals surface area contributed by atoms with Crippen LogP contribution < -0.4 is 11.1 Å². The topological polar surface area (TPSA) is 55.1 Å². The maximum atomic E-state index is 12.9. The van der Waals surface area contributed by atoms with Gasteiger partial charge in [0.2, 0.25) is 5.91 Å². The van der Waals surface area contributed by atoms with Crippen LogP contribution in [0.15, 0.2) is 60.7 Å². The summed E-state index contributed by atoms with van der Waals surface area (Å²) in [6.07, 6.45) is 4.05. The summed E-state index contributed by atoms with van der Waals surface area (Å²) in [7, 11) is 0. The number of nitrogens with two attached hydrogens (primary N) is 1. The second-order valence-corrected chi connectivity index (χ2v) is 6.38. The minimum Gasteiger partial charge on any atom is -0.353 e. The minimum absolute atomic E-state index is 0.118. The highest BCUT2D eigenvalue weighted by atomic mass is 16.2. The predicted molar refractivity (Wildman–Crippen MR) is 93.0 cm³/mol. The number of hydrogen-bond donors (Lipinski definition) is 2. The van der Waals surface area contributed by atoms with E-state index in [1.54, 1.807) is 0 Å². The minimum atomic E-state index is -0.377. The van der Waals surface area contributed by atoms with Crippen LogP contribution in [0.5, 0.6) is 0 Å². The van der Waals surface area contributed by atoms with Gasteiger partial charge in [0.1, 0.15) is 0 Å². The number of hydrogen-bond acceptors (Lipinski definition) is 2. The molecule has 1 unspecified atom stereocenters. The molecule has 1 atom stereocenters. The van der Waals surface area contributed by atoms with Crippen LogP contribution in [-0.4, -0.2) is 12.5 Å². The molecule has 0 heterocycles. The molecule has 1 aliphatic carbocycles. The first kappa shape index (κ1) is 15.8. The molecule has 120 valence electrons. The van der Waals surface area contributed by atoms with Gasteiger partial charge in [-0.1, -0.05) is 73.5 Å². The highest BCUT2D eigenvalue weighted by Gasteiger charge is 2.42. The van der Waals surface area contributed by atoms with E-state index in [-0.39, 0.29) is 17.4 Å². The lowest BCUT2D eigenvalue weighted by Gasteiger charge is -2.29. The molecule has 0 radical (unpaired) electrons. The van der Waals surface area contributed by atoms with E-state index in [1.165, 1.54) is 0 Å². The van der Waals surface area contributed by atoms with Crippen LogP contribution in [-0.2, 0) is 10.2 Å². The Morgan fingerprint density at radius 3 is 2.17 bits per heavy atom. The smallest absolute Gasteiger partial charge is 0.230 e. The Bertz CT molecular complexity index is 633. The van der Waals surface area contributed by atoms with Crippen LogP contribution in [0, 0.1) is 0 Å². The van der Waals surface area contributed by atoms with Crippen LogP contribution in [0.3, 0.4) is 0 Å². The SMILES string of the molecule is NC(CNC(=O)C1(c2ccccc2)CCCC1)c1ccccc1. The molecule has 1 amide bonds. The van der Waals surface area contributed by atoms with E-state index in [9.17, 15) is 4.79 Å². The molecule has 1 fully saturated rings. The van der Waals surface area contributed by atoms with Gasteiger partial charge in [0, 0.05) is 12.6 Å². The lowest BCUT2D eigenvalue weighted by molar-refractivity contribution is -0.126. The fourth-order valence-corrected chi connectivity index (χ4v) is 3.57. The predicted octanol–water partition coefficient (Wildman–Crippen LogP) is 3.31. The van der Waals surface area contributed by atoms with Gasteiger partial charge >= 0.3 is 0 Å². The molecule has 3 rings (SSSR count). The standard InChI is InChI=1S/C20H24N2O/c21-18(16-9-3-1-4-10-16)15-22-19(23)20(13-7-8-14-20)17-11-5-2-6-12-17/h1-6,9-12,18H,7-8,13-15,21H2,(H,22,23). The maximum absolute atomic E-state index is 12.9. The summed E-state index contributed by atoms with van der Waals surface area (Å²) in [5, 5.41) is 3.10. The van der Waals surface area contributed by atoms with E-state index in [4.69, 9.17) is 5.73 Å². The molecule has 1 saturated carbocycles. The number of rotatable bonds is 5. The average molecular weight is 308 g/mol. The lowest BCUT2D eigenvalue weighted by atomic mass is 9.78. The molecule has 3 N–H and O–H groups in total. The van der Waals surface area contributed by atoms with E-state index < -0.39 is 0 Å². The van der Waals surface area contributed by atoms with Crippen molar-refractivity contribution in [3.63, 3.8) is 0 Å². The lowest BCUT2D eigenvalue weighted by Crippen LogP contribution is -2.44. The molecular formula is C20H24N2O. The fraction of sp³-hybridized carbons (Fsp3) is 0.350. The third-order valence-corrected chi connectivity index (χ3v) is 4.93. The van der Waals surface area contributed by atoms with E-state index in [1.807, 2.05) is 48.5 Å². The van der Waals surface area contributed by atoms with Gasteiger partial charge in [-0.3, -0.25) is 4.79 Å². The summed E-state index contributed by atoms with van der Waals surface area (Å²) >= 11 is 0. The van der Waals surface area contributed by atoms with Crippen LogP contribution in [0.2, 0.25) is 0 Å². The monoisotopic (exact) mass is 308 g/mol. The van der Waals surface area contributed by atoms with Crippen molar-refractivity contribution >= 4 is 5.91 Å². The number of amides is 1. The molecule has 3 heteroatoms. The summed E-state index contributed by atoms with van der Waals surface area (Å²) < 4.78 is 0. The third kappa shape index (κ3) is 3.30. The zero-order valence-corrected chi connectivity index (χ0v) is 13.4. The first-order chi connectivity index (χ1) is 11.2. The van der Waals surface area contributed by atoms with E-state index >= 15 is 0 Å². The zero-order chi connectivity index (χ0) is 16.1. The number of nitrogens with one attached hydrogen (secondary N) is 1. The Balaban J connectivity index is 1.71. The molecule has 0 saturated heterocycles. The maximum Gasteiger partial charge on any atom is 0.230 e. The summed E-state index contributed by atoms with van der Waals surface area (Å²) in [6.45, 7) is 0.470. The highest BCUT2D eigenvalue weighted by molar-refractivity contribution is 5.88. The molecule has 2 aromatic rings. The van der Waals surface area contributed by atoms with Gasteiger partial charge in [-0.2, -0.15) is 0 Å². The number of carbonyl (C=O) groups excluding carboxylic acids is 1. The fourth-order valence-electron chi connectivity index (χ4n) is 3.57. The molecule has 0 spiro atoms. The quantitative estimate of drug-likeness (QED) is 0.890.